The number of benzene rings is 1. The van der Waals surface area contributed by atoms with E-state index in [1.165, 1.54) is 11.6 Å². The SMILES string of the molecule is Cc1ccc(F)cc1CN1CC(C)(C)NCC1C. The summed E-state index contributed by atoms with van der Waals surface area (Å²) in [5, 5.41) is 3.53. The van der Waals surface area contributed by atoms with E-state index in [0.29, 0.717) is 6.04 Å². The first kappa shape index (κ1) is 13.5. The number of nitrogens with zero attached hydrogens (tertiary/aromatic N) is 1. The van der Waals surface area contributed by atoms with E-state index < -0.39 is 0 Å². The number of hydrogen-bond acceptors (Lipinski definition) is 2. The van der Waals surface area contributed by atoms with Crippen LogP contribution in [-0.2, 0) is 6.54 Å². The Balaban J connectivity index is 2.14. The smallest absolute Gasteiger partial charge is 0.123 e. The highest BCUT2D eigenvalue weighted by atomic mass is 19.1. The largest absolute Gasteiger partial charge is 0.309 e. The highest BCUT2D eigenvalue weighted by Gasteiger charge is 2.30. The van der Waals surface area contributed by atoms with Gasteiger partial charge >= 0.3 is 0 Å². The van der Waals surface area contributed by atoms with Crippen molar-refractivity contribution in [1.29, 1.82) is 0 Å². The lowest BCUT2D eigenvalue weighted by atomic mass is 9.98. The molecule has 1 unspecified atom stereocenters. The first-order chi connectivity index (χ1) is 8.37. The molecule has 2 rings (SSSR count). The summed E-state index contributed by atoms with van der Waals surface area (Å²) < 4.78 is 13.3. The van der Waals surface area contributed by atoms with Crippen molar-refractivity contribution in [3.8, 4) is 0 Å². The quantitative estimate of drug-likeness (QED) is 0.868. The Kier molecular flexibility index (Phi) is 3.74. The van der Waals surface area contributed by atoms with Crippen molar-refractivity contribution < 1.29 is 4.39 Å². The van der Waals surface area contributed by atoms with Crippen LogP contribution in [0.3, 0.4) is 0 Å². The minimum Gasteiger partial charge on any atom is -0.309 e. The van der Waals surface area contributed by atoms with Gasteiger partial charge in [0.15, 0.2) is 0 Å². The summed E-state index contributed by atoms with van der Waals surface area (Å²) in [4.78, 5) is 2.43. The summed E-state index contributed by atoms with van der Waals surface area (Å²) in [7, 11) is 0. The molecule has 0 aliphatic carbocycles. The Morgan fingerprint density at radius 1 is 1.44 bits per heavy atom. The molecule has 18 heavy (non-hydrogen) atoms. The van der Waals surface area contributed by atoms with Crippen molar-refractivity contribution in [2.75, 3.05) is 13.1 Å². The van der Waals surface area contributed by atoms with Crippen LogP contribution >= 0.6 is 0 Å². The van der Waals surface area contributed by atoms with E-state index >= 15 is 0 Å². The second kappa shape index (κ2) is 4.98. The van der Waals surface area contributed by atoms with E-state index in [0.717, 1.165) is 25.2 Å². The summed E-state index contributed by atoms with van der Waals surface area (Å²) in [6, 6.07) is 5.55. The lowest BCUT2D eigenvalue weighted by molar-refractivity contribution is 0.0975. The van der Waals surface area contributed by atoms with Crippen LogP contribution in [0.2, 0.25) is 0 Å². The van der Waals surface area contributed by atoms with Crippen molar-refractivity contribution in [2.24, 2.45) is 0 Å². The van der Waals surface area contributed by atoms with Crippen molar-refractivity contribution in [1.82, 2.24) is 10.2 Å². The fourth-order valence-electron chi connectivity index (χ4n) is 2.51. The van der Waals surface area contributed by atoms with Crippen LogP contribution in [0.15, 0.2) is 18.2 Å². The molecule has 1 aliphatic heterocycles. The monoisotopic (exact) mass is 250 g/mol. The molecule has 0 radical (unpaired) electrons. The summed E-state index contributed by atoms with van der Waals surface area (Å²) in [6.07, 6.45) is 0. The second-order valence-electron chi connectivity index (χ2n) is 6.09. The molecule has 1 aromatic carbocycles. The van der Waals surface area contributed by atoms with Gasteiger partial charge in [0.2, 0.25) is 0 Å². The number of hydrogen-bond donors (Lipinski definition) is 1. The van der Waals surface area contributed by atoms with Gasteiger partial charge < -0.3 is 5.32 Å². The molecule has 0 aromatic heterocycles. The van der Waals surface area contributed by atoms with Crippen LogP contribution in [0.5, 0.6) is 0 Å². The number of halogens is 1. The van der Waals surface area contributed by atoms with E-state index in [2.05, 4.69) is 31.0 Å². The van der Waals surface area contributed by atoms with Gasteiger partial charge in [0, 0.05) is 31.2 Å². The third kappa shape index (κ3) is 3.09. The molecular weight excluding hydrogens is 227 g/mol. The molecule has 1 aromatic rings. The zero-order valence-corrected chi connectivity index (χ0v) is 11.8. The summed E-state index contributed by atoms with van der Waals surface area (Å²) in [5.74, 6) is -0.141. The lowest BCUT2D eigenvalue weighted by Crippen LogP contribution is -2.60. The molecule has 2 nitrogen and oxygen atoms in total. The molecule has 3 heteroatoms. The molecule has 0 saturated carbocycles. The third-order valence-electron chi connectivity index (χ3n) is 3.78. The van der Waals surface area contributed by atoms with Crippen molar-refractivity contribution >= 4 is 0 Å². The average molecular weight is 250 g/mol. The summed E-state index contributed by atoms with van der Waals surface area (Å²) in [5.41, 5.74) is 2.40. The van der Waals surface area contributed by atoms with Crippen LogP contribution in [0, 0.1) is 12.7 Å². The third-order valence-corrected chi connectivity index (χ3v) is 3.78. The topological polar surface area (TPSA) is 15.3 Å². The van der Waals surface area contributed by atoms with Gasteiger partial charge in [0.05, 0.1) is 0 Å². The van der Waals surface area contributed by atoms with Crippen molar-refractivity contribution in [3.05, 3.63) is 35.1 Å². The van der Waals surface area contributed by atoms with Gasteiger partial charge in [-0.1, -0.05) is 6.07 Å². The first-order valence-electron chi connectivity index (χ1n) is 6.61. The Morgan fingerprint density at radius 3 is 2.89 bits per heavy atom. The van der Waals surface area contributed by atoms with Crippen LogP contribution in [0.4, 0.5) is 4.39 Å². The molecule has 1 saturated heterocycles. The first-order valence-corrected chi connectivity index (χ1v) is 6.61. The van der Waals surface area contributed by atoms with Crippen molar-refractivity contribution in [2.45, 2.75) is 45.8 Å². The Labute approximate surface area is 109 Å². The van der Waals surface area contributed by atoms with E-state index in [4.69, 9.17) is 0 Å². The van der Waals surface area contributed by atoms with E-state index in [1.54, 1.807) is 6.07 Å². The minimum absolute atomic E-state index is 0.133. The molecule has 0 amide bonds. The lowest BCUT2D eigenvalue weighted by Gasteiger charge is -2.43. The standard InChI is InChI=1S/C15H23FN2/c1-11-5-6-14(16)7-13(11)9-18-10-15(3,4)17-8-12(18)2/h5-7,12,17H,8-10H2,1-4H3. The molecular formula is C15H23FN2. The maximum absolute atomic E-state index is 13.3. The van der Waals surface area contributed by atoms with E-state index in [9.17, 15) is 4.39 Å². The van der Waals surface area contributed by atoms with Crippen molar-refractivity contribution in [3.63, 3.8) is 0 Å². The van der Waals surface area contributed by atoms with Crippen LogP contribution < -0.4 is 5.32 Å². The van der Waals surface area contributed by atoms with Gasteiger partial charge in [-0.25, -0.2) is 4.39 Å². The Bertz CT molecular complexity index is 429. The van der Waals surface area contributed by atoms with Gasteiger partial charge in [-0.3, -0.25) is 4.90 Å². The van der Waals surface area contributed by atoms with Gasteiger partial charge in [0.1, 0.15) is 5.82 Å². The normalized spacial score (nSPS) is 24.2. The fourth-order valence-corrected chi connectivity index (χ4v) is 2.51. The maximum atomic E-state index is 13.3. The van der Waals surface area contributed by atoms with Gasteiger partial charge in [-0.15, -0.1) is 0 Å². The highest BCUT2D eigenvalue weighted by Crippen LogP contribution is 2.20. The molecule has 1 atom stereocenters. The van der Waals surface area contributed by atoms with Gasteiger partial charge in [0.25, 0.3) is 0 Å². The van der Waals surface area contributed by atoms with E-state index in [1.807, 2.05) is 13.0 Å². The average Bonchev–Trinajstić information content (AvgIpc) is 2.28. The van der Waals surface area contributed by atoms with E-state index in [-0.39, 0.29) is 11.4 Å². The molecule has 0 spiro atoms. The Hall–Kier alpha value is -0.930. The molecule has 1 N–H and O–H groups in total. The summed E-state index contributed by atoms with van der Waals surface area (Å²) in [6.45, 7) is 11.5. The molecule has 0 bridgehead atoms. The molecule has 1 aliphatic rings. The number of nitrogens with one attached hydrogen (secondary N) is 1. The zero-order valence-electron chi connectivity index (χ0n) is 11.8. The molecule has 100 valence electrons. The molecule has 1 heterocycles. The predicted octanol–water partition coefficient (Wildman–Crippen LogP) is 2.71. The number of aryl methyl sites for hydroxylation is 1. The highest BCUT2D eigenvalue weighted by molar-refractivity contribution is 5.26. The number of rotatable bonds is 2. The van der Waals surface area contributed by atoms with Gasteiger partial charge in [-0.05, 0) is 51.0 Å². The fraction of sp³-hybridized carbons (Fsp3) is 0.600. The minimum atomic E-state index is -0.141. The van der Waals surface area contributed by atoms with Crippen LogP contribution in [0.1, 0.15) is 31.9 Å². The summed E-state index contributed by atoms with van der Waals surface area (Å²) >= 11 is 0. The number of piperazine rings is 1. The predicted molar refractivity (Wildman–Crippen MR) is 73.1 cm³/mol. The Morgan fingerprint density at radius 2 is 2.17 bits per heavy atom. The zero-order chi connectivity index (χ0) is 13.3. The van der Waals surface area contributed by atoms with Crippen LogP contribution in [0.25, 0.3) is 0 Å². The second-order valence-corrected chi connectivity index (χ2v) is 6.09. The van der Waals surface area contributed by atoms with Crippen LogP contribution in [-0.4, -0.2) is 29.6 Å². The molecule has 1 fully saturated rings. The maximum Gasteiger partial charge on any atom is 0.123 e. The van der Waals surface area contributed by atoms with Gasteiger partial charge in [-0.2, -0.15) is 0 Å².